The van der Waals surface area contributed by atoms with Crippen molar-refractivity contribution in [1.82, 2.24) is 5.32 Å². The molecule has 0 aromatic heterocycles. The van der Waals surface area contributed by atoms with Crippen LogP contribution in [-0.2, 0) is 16.0 Å². The van der Waals surface area contributed by atoms with Gasteiger partial charge in [0.2, 0.25) is 5.91 Å². The van der Waals surface area contributed by atoms with Gasteiger partial charge in [-0.2, -0.15) is 0 Å². The fraction of sp³-hybridized carbons (Fsp3) is 0.556. The smallest absolute Gasteiger partial charge is 0.326 e. The topological polar surface area (TPSA) is 86.6 Å². The zero-order valence-electron chi connectivity index (χ0n) is 13.9. The summed E-state index contributed by atoms with van der Waals surface area (Å²) in [5, 5.41) is 21.1. The highest BCUT2D eigenvalue weighted by molar-refractivity contribution is 5.83. The van der Waals surface area contributed by atoms with Crippen LogP contribution in [0.3, 0.4) is 0 Å². The van der Waals surface area contributed by atoms with Gasteiger partial charge in [0.1, 0.15) is 11.8 Å². The summed E-state index contributed by atoms with van der Waals surface area (Å²) in [5.41, 5.74) is 0.757. The van der Waals surface area contributed by atoms with Crippen molar-refractivity contribution in [3.05, 3.63) is 29.8 Å². The van der Waals surface area contributed by atoms with Gasteiger partial charge in [0.05, 0.1) is 0 Å². The molecule has 0 saturated carbocycles. The van der Waals surface area contributed by atoms with Gasteiger partial charge in [-0.15, -0.1) is 0 Å². The van der Waals surface area contributed by atoms with Crippen molar-refractivity contribution in [3.8, 4) is 5.75 Å². The zero-order chi connectivity index (χ0) is 17.2. The number of hydrogen-bond donors (Lipinski definition) is 3. The van der Waals surface area contributed by atoms with Gasteiger partial charge in [0, 0.05) is 12.8 Å². The van der Waals surface area contributed by atoms with Crippen molar-refractivity contribution in [1.29, 1.82) is 0 Å². The summed E-state index contributed by atoms with van der Waals surface area (Å²) in [6.45, 7) is 4.35. The normalized spacial score (nSPS) is 12.1. The molecule has 1 aromatic carbocycles. The number of phenols is 1. The van der Waals surface area contributed by atoms with E-state index in [2.05, 4.69) is 19.2 Å². The Kier molecular flexibility index (Phi) is 8.16. The van der Waals surface area contributed by atoms with E-state index >= 15 is 0 Å². The molecule has 0 aliphatic heterocycles. The minimum absolute atomic E-state index is 0.131. The predicted octanol–water partition coefficient (Wildman–Crippen LogP) is 3.11. The van der Waals surface area contributed by atoms with Gasteiger partial charge in [-0.3, -0.25) is 4.79 Å². The SMILES string of the molecule is CC(C)CCCCCC(=O)NC(Cc1ccc(O)cc1)C(=O)O. The number of aliphatic carboxylic acids is 1. The highest BCUT2D eigenvalue weighted by Crippen LogP contribution is 2.12. The Morgan fingerprint density at radius 3 is 2.30 bits per heavy atom. The van der Waals surface area contributed by atoms with E-state index in [1.54, 1.807) is 12.1 Å². The van der Waals surface area contributed by atoms with E-state index in [1.807, 2.05) is 0 Å². The van der Waals surface area contributed by atoms with E-state index in [0.717, 1.165) is 31.2 Å². The van der Waals surface area contributed by atoms with Gasteiger partial charge >= 0.3 is 5.97 Å². The molecule has 0 heterocycles. The molecule has 3 N–H and O–H groups in total. The van der Waals surface area contributed by atoms with E-state index in [-0.39, 0.29) is 18.1 Å². The number of benzene rings is 1. The summed E-state index contributed by atoms with van der Waals surface area (Å²) in [7, 11) is 0. The number of carbonyl (C=O) groups is 2. The molecule has 0 bridgehead atoms. The van der Waals surface area contributed by atoms with Crippen LogP contribution in [0.5, 0.6) is 5.75 Å². The molecule has 0 spiro atoms. The Hall–Kier alpha value is -2.04. The van der Waals surface area contributed by atoms with E-state index in [9.17, 15) is 19.8 Å². The molecule has 1 atom stereocenters. The van der Waals surface area contributed by atoms with E-state index in [4.69, 9.17) is 0 Å². The lowest BCUT2D eigenvalue weighted by atomic mass is 10.0. The van der Waals surface area contributed by atoms with Crippen LogP contribution in [0.1, 0.15) is 51.5 Å². The number of aromatic hydroxyl groups is 1. The molecule has 5 nitrogen and oxygen atoms in total. The number of rotatable bonds is 10. The fourth-order valence-corrected chi connectivity index (χ4v) is 2.35. The second-order valence-corrected chi connectivity index (χ2v) is 6.32. The average Bonchev–Trinajstić information content (AvgIpc) is 2.48. The number of unbranched alkanes of at least 4 members (excludes halogenated alkanes) is 2. The minimum atomic E-state index is -1.05. The maximum atomic E-state index is 11.9. The Bertz CT molecular complexity index is 496. The van der Waals surface area contributed by atoms with Crippen LogP contribution in [0.25, 0.3) is 0 Å². The average molecular weight is 321 g/mol. The third kappa shape index (κ3) is 8.24. The van der Waals surface area contributed by atoms with Crippen LogP contribution in [0.4, 0.5) is 0 Å². The minimum Gasteiger partial charge on any atom is -0.508 e. The second kappa shape index (κ2) is 9.87. The Labute approximate surface area is 137 Å². The zero-order valence-corrected chi connectivity index (χ0v) is 13.9. The predicted molar refractivity (Wildman–Crippen MR) is 89.3 cm³/mol. The Balaban J connectivity index is 2.38. The summed E-state index contributed by atoms with van der Waals surface area (Å²) in [4.78, 5) is 23.2. The number of phenolic OH excluding ortho intramolecular Hbond substituents is 1. The van der Waals surface area contributed by atoms with Crippen LogP contribution < -0.4 is 5.32 Å². The second-order valence-electron chi connectivity index (χ2n) is 6.32. The van der Waals surface area contributed by atoms with Gasteiger partial charge in [0.15, 0.2) is 0 Å². The lowest BCUT2D eigenvalue weighted by Gasteiger charge is -2.15. The van der Waals surface area contributed by atoms with Crippen LogP contribution in [0.15, 0.2) is 24.3 Å². The van der Waals surface area contributed by atoms with Crippen molar-refractivity contribution in [3.63, 3.8) is 0 Å². The summed E-state index contributed by atoms with van der Waals surface area (Å²) < 4.78 is 0. The molecular formula is C18H27NO4. The number of hydrogen-bond acceptors (Lipinski definition) is 3. The molecule has 1 rings (SSSR count). The molecule has 1 amide bonds. The summed E-state index contributed by atoms with van der Waals surface area (Å²) in [6.07, 6.45) is 4.58. The van der Waals surface area contributed by atoms with Gasteiger partial charge in [0.25, 0.3) is 0 Å². The first-order chi connectivity index (χ1) is 10.9. The van der Waals surface area contributed by atoms with Gasteiger partial charge in [-0.05, 0) is 30.0 Å². The Morgan fingerprint density at radius 2 is 1.74 bits per heavy atom. The number of carboxylic acid groups (broad SMARTS) is 1. The molecule has 0 radical (unpaired) electrons. The molecule has 0 aliphatic rings. The van der Waals surface area contributed by atoms with E-state index in [1.165, 1.54) is 12.1 Å². The van der Waals surface area contributed by atoms with Crippen molar-refractivity contribution >= 4 is 11.9 Å². The van der Waals surface area contributed by atoms with E-state index < -0.39 is 12.0 Å². The first-order valence-electron chi connectivity index (χ1n) is 8.18. The molecule has 0 fully saturated rings. The third-order valence-electron chi connectivity index (χ3n) is 3.69. The summed E-state index contributed by atoms with van der Waals surface area (Å²) in [6, 6.07) is 5.38. The van der Waals surface area contributed by atoms with E-state index in [0.29, 0.717) is 12.3 Å². The fourth-order valence-electron chi connectivity index (χ4n) is 2.35. The molecule has 0 aliphatic carbocycles. The quantitative estimate of drug-likeness (QED) is 0.578. The lowest BCUT2D eigenvalue weighted by molar-refractivity contribution is -0.141. The van der Waals surface area contributed by atoms with Crippen molar-refractivity contribution in [2.24, 2.45) is 5.92 Å². The standard InChI is InChI=1S/C18H27NO4/c1-13(2)6-4-3-5-7-17(21)19-16(18(22)23)12-14-8-10-15(20)11-9-14/h8-11,13,16,20H,3-7,12H2,1-2H3,(H,19,21)(H,22,23). The van der Waals surface area contributed by atoms with Crippen LogP contribution >= 0.6 is 0 Å². The van der Waals surface area contributed by atoms with Crippen molar-refractivity contribution in [2.45, 2.75) is 58.4 Å². The number of carbonyl (C=O) groups excluding carboxylic acids is 1. The highest BCUT2D eigenvalue weighted by atomic mass is 16.4. The van der Waals surface area contributed by atoms with Gasteiger partial charge in [-0.1, -0.05) is 45.2 Å². The number of amides is 1. The Morgan fingerprint density at radius 1 is 1.09 bits per heavy atom. The summed E-state index contributed by atoms with van der Waals surface area (Å²) >= 11 is 0. The number of nitrogens with one attached hydrogen (secondary N) is 1. The molecular weight excluding hydrogens is 294 g/mol. The van der Waals surface area contributed by atoms with Gasteiger partial charge < -0.3 is 15.5 Å². The number of carboxylic acids is 1. The van der Waals surface area contributed by atoms with Crippen LogP contribution in [-0.4, -0.2) is 28.1 Å². The van der Waals surface area contributed by atoms with Crippen molar-refractivity contribution < 1.29 is 19.8 Å². The summed E-state index contributed by atoms with van der Waals surface area (Å²) in [5.74, 6) is -0.469. The van der Waals surface area contributed by atoms with Crippen LogP contribution in [0.2, 0.25) is 0 Å². The van der Waals surface area contributed by atoms with Crippen molar-refractivity contribution in [2.75, 3.05) is 0 Å². The van der Waals surface area contributed by atoms with Crippen LogP contribution in [0, 0.1) is 5.92 Å². The maximum Gasteiger partial charge on any atom is 0.326 e. The highest BCUT2D eigenvalue weighted by Gasteiger charge is 2.20. The third-order valence-corrected chi connectivity index (χ3v) is 3.69. The first-order valence-corrected chi connectivity index (χ1v) is 8.18. The first kappa shape index (κ1) is 19.0. The molecule has 1 aromatic rings. The van der Waals surface area contributed by atoms with Gasteiger partial charge in [-0.25, -0.2) is 4.79 Å². The lowest BCUT2D eigenvalue weighted by Crippen LogP contribution is -2.42. The monoisotopic (exact) mass is 321 g/mol. The maximum absolute atomic E-state index is 11.9. The molecule has 0 saturated heterocycles. The molecule has 128 valence electrons. The largest absolute Gasteiger partial charge is 0.508 e. The molecule has 1 unspecified atom stereocenters. The molecule has 5 heteroatoms. The molecule has 23 heavy (non-hydrogen) atoms.